The minimum Gasteiger partial charge on any atom is -0.493 e. The van der Waals surface area contributed by atoms with Gasteiger partial charge in [0.2, 0.25) is 17.7 Å². The molecule has 1 aliphatic carbocycles. The molecule has 5 N–H and O–H groups in total. The van der Waals surface area contributed by atoms with Crippen molar-refractivity contribution >= 4 is 17.7 Å². The van der Waals surface area contributed by atoms with E-state index < -0.39 is 35.8 Å². The van der Waals surface area contributed by atoms with E-state index in [1.807, 2.05) is 24.3 Å². The van der Waals surface area contributed by atoms with Crippen molar-refractivity contribution in [3.63, 3.8) is 0 Å². The Morgan fingerprint density at radius 1 is 1.29 bits per heavy atom. The van der Waals surface area contributed by atoms with Gasteiger partial charge in [-0.25, -0.2) is 4.39 Å². The minimum atomic E-state index is -1.16. The number of hydrogen-bond acceptors (Lipinski definition) is 6. The number of halogens is 1. The molecule has 1 aliphatic heterocycles. The van der Waals surface area contributed by atoms with Gasteiger partial charge in [-0.1, -0.05) is 18.1 Å². The van der Waals surface area contributed by atoms with Crippen molar-refractivity contribution in [2.45, 2.75) is 68.7 Å². The molecule has 2 aromatic carbocycles. The summed E-state index contributed by atoms with van der Waals surface area (Å²) in [6.07, 6.45) is 7.02. The lowest BCUT2D eigenvalue weighted by molar-refractivity contribution is -0.141. The van der Waals surface area contributed by atoms with Gasteiger partial charge >= 0.3 is 0 Å². The van der Waals surface area contributed by atoms with Gasteiger partial charge in [-0.15, -0.1) is 6.42 Å². The van der Waals surface area contributed by atoms with E-state index in [1.165, 1.54) is 24.1 Å². The quantitative estimate of drug-likeness (QED) is 0.379. The van der Waals surface area contributed by atoms with E-state index in [4.69, 9.17) is 16.9 Å². The van der Waals surface area contributed by atoms with Gasteiger partial charge in [-0.3, -0.25) is 14.4 Å². The van der Waals surface area contributed by atoms with Crippen molar-refractivity contribution in [3.05, 3.63) is 65.0 Å². The number of benzene rings is 2. The van der Waals surface area contributed by atoms with E-state index in [2.05, 4.69) is 16.6 Å². The lowest BCUT2D eigenvalue weighted by Crippen LogP contribution is -2.56. The molecule has 0 aromatic heterocycles. The number of hydrogen-bond donors (Lipinski definition) is 4. The Kier molecular flexibility index (Phi) is 9.63. The number of amides is 3. The number of nitrogens with zero attached hydrogens (tertiary/aromatic N) is 1. The van der Waals surface area contributed by atoms with Gasteiger partial charge in [-0.2, -0.15) is 0 Å². The summed E-state index contributed by atoms with van der Waals surface area (Å²) in [5.41, 5.74) is 7.36. The Balaban J connectivity index is 1.59. The third kappa shape index (κ3) is 7.84. The summed E-state index contributed by atoms with van der Waals surface area (Å²) >= 11 is 0. The highest BCUT2D eigenvalue weighted by Gasteiger charge is 2.44. The zero-order valence-electron chi connectivity index (χ0n) is 23.2. The smallest absolute Gasteiger partial charge is 0.243 e. The molecular formula is C31H37FN4O5. The number of nitrogens with one attached hydrogen (secondary N) is 2. The standard InChI is InChI=1S/C31H37FN4O5/c1-3-20-7-6-8-22(13-20)31(10-11-31)34-19-27(37)25-16-21-14-23(32)17-24(15-21)41-12-5-4-9-29(39)36(2)26(18-28(33)38)30(40)35-25/h1,6-8,13-15,17,25-27,34,37H,4-5,9-12,16,18-19H2,2H3,(H2,33,38)(H,35,40). The molecule has 10 heteroatoms. The van der Waals surface area contributed by atoms with Crippen LogP contribution in [0.25, 0.3) is 0 Å². The van der Waals surface area contributed by atoms with E-state index in [1.54, 1.807) is 6.07 Å². The first kappa shape index (κ1) is 30.0. The lowest BCUT2D eigenvalue weighted by Gasteiger charge is -2.31. The molecule has 2 aliphatic rings. The van der Waals surface area contributed by atoms with Crippen molar-refractivity contribution in [2.24, 2.45) is 5.73 Å². The third-order valence-electron chi connectivity index (χ3n) is 7.77. The average Bonchev–Trinajstić information content (AvgIpc) is 3.74. The number of likely N-dealkylation sites (N-methyl/N-ethyl adjacent to an activating group) is 1. The maximum atomic E-state index is 14.5. The lowest BCUT2D eigenvalue weighted by atomic mass is 9.98. The van der Waals surface area contributed by atoms with Crippen LogP contribution in [-0.4, -0.2) is 66.1 Å². The molecular weight excluding hydrogens is 527 g/mol. The van der Waals surface area contributed by atoms with Gasteiger partial charge in [0.15, 0.2) is 0 Å². The number of terminal acetylenes is 1. The molecule has 3 unspecified atom stereocenters. The molecule has 1 fully saturated rings. The maximum absolute atomic E-state index is 14.5. The van der Waals surface area contributed by atoms with Crippen molar-refractivity contribution in [1.29, 1.82) is 0 Å². The molecule has 0 saturated heterocycles. The van der Waals surface area contributed by atoms with E-state index in [-0.39, 0.29) is 43.9 Å². The molecule has 0 spiro atoms. The molecule has 2 aromatic rings. The first-order valence-corrected chi connectivity index (χ1v) is 13.9. The number of rotatable bonds is 7. The van der Waals surface area contributed by atoms with Crippen LogP contribution in [0.15, 0.2) is 42.5 Å². The van der Waals surface area contributed by atoms with Crippen molar-refractivity contribution in [1.82, 2.24) is 15.5 Å². The van der Waals surface area contributed by atoms with Crippen LogP contribution in [0, 0.1) is 18.2 Å². The van der Waals surface area contributed by atoms with Crippen LogP contribution in [-0.2, 0) is 26.3 Å². The first-order chi connectivity index (χ1) is 19.6. The highest BCUT2D eigenvalue weighted by Crippen LogP contribution is 2.45. The SMILES string of the molecule is C#Cc1cccc(C2(NCC(O)C3Cc4cc(F)cc(c4)OCCCCC(=O)N(C)C(CC(N)=O)C(=O)N3)CC2)c1. The van der Waals surface area contributed by atoms with Gasteiger partial charge in [0.25, 0.3) is 0 Å². The normalized spacial score (nSPS) is 21.9. The molecule has 3 amide bonds. The van der Waals surface area contributed by atoms with Gasteiger partial charge in [0.05, 0.1) is 25.2 Å². The van der Waals surface area contributed by atoms with Crippen LogP contribution < -0.4 is 21.1 Å². The topological polar surface area (TPSA) is 134 Å². The second kappa shape index (κ2) is 13.1. The Morgan fingerprint density at radius 3 is 2.78 bits per heavy atom. The highest BCUT2D eigenvalue weighted by atomic mass is 19.1. The largest absolute Gasteiger partial charge is 0.493 e. The third-order valence-corrected chi connectivity index (χ3v) is 7.77. The van der Waals surface area contributed by atoms with Crippen LogP contribution in [0.2, 0.25) is 0 Å². The first-order valence-electron chi connectivity index (χ1n) is 13.9. The predicted octanol–water partition coefficient (Wildman–Crippen LogP) is 1.74. The van der Waals surface area contributed by atoms with Crippen molar-refractivity contribution in [2.75, 3.05) is 20.2 Å². The Bertz CT molecular complexity index is 1320. The molecule has 0 radical (unpaired) electrons. The van der Waals surface area contributed by atoms with Crippen LogP contribution in [0.4, 0.5) is 4.39 Å². The molecule has 9 nitrogen and oxygen atoms in total. The summed E-state index contributed by atoms with van der Waals surface area (Å²) < 4.78 is 20.2. The van der Waals surface area contributed by atoms with Gasteiger partial charge < -0.3 is 31.1 Å². The summed E-state index contributed by atoms with van der Waals surface area (Å²) in [7, 11) is 1.46. The Labute approximate surface area is 239 Å². The summed E-state index contributed by atoms with van der Waals surface area (Å²) in [5.74, 6) is 0.765. The molecule has 4 rings (SSSR count). The maximum Gasteiger partial charge on any atom is 0.243 e. The number of carbonyl (C=O) groups is 3. The van der Waals surface area contributed by atoms with Crippen LogP contribution in [0.1, 0.15) is 55.2 Å². The van der Waals surface area contributed by atoms with Crippen LogP contribution in [0.5, 0.6) is 5.75 Å². The van der Waals surface area contributed by atoms with Gasteiger partial charge in [-0.05, 0) is 67.5 Å². The van der Waals surface area contributed by atoms with E-state index in [9.17, 15) is 23.9 Å². The number of aliphatic hydroxyl groups is 1. The van der Waals surface area contributed by atoms with E-state index in [0.717, 1.165) is 24.0 Å². The van der Waals surface area contributed by atoms with Gasteiger partial charge in [0.1, 0.15) is 17.6 Å². The number of aliphatic hydroxyl groups excluding tert-OH is 1. The summed E-state index contributed by atoms with van der Waals surface area (Å²) in [4.78, 5) is 39.4. The second-order valence-corrected chi connectivity index (χ2v) is 10.9. The molecule has 1 saturated carbocycles. The number of carbonyl (C=O) groups excluding carboxylic acids is 3. The fourth-order valence-corrected chi connectivity index (χ4v) is 5.19. The zero-order valence-corrected chi connectivity index (χ0v) is 23.2. The summed E-state index contributed by atoms with van der Waals surface area (Å²) in [5, 5.41) is 17.6. The number of nitrogens with two attached hydrogens (primary N) is 1. The molecule has 41 heavy (non-hydrogen) atoms. The predicted molar refractivity (Wildman–Crippen MR) is 151 cm³/mol. The molecule has 2 bridgehead atoms. The monoisotopic (exact) mass is 564 g/mol. The van der Waals surface area contributed by atoms with Crippen molar-refractivity contribution in [3.8, 4) is 18.1 Å². The van der Waals surface area contributed by atoms with Crippen LogP contribution in [0.3, 0.4) is 0 Å². The summed E-state index contributed by atoms with van der Waals surface area (Å²) in [6.45, 7) is 0.389. The molecule has 1 heterocycles. The second-order valence-electron chi connectivity index (χ2n) is 10.9. The van der Waals surface area contributed by atoms with E-state index >= 15 is 0 Å². The fourth-order valence-electron chi connectivity index (χ4n) is 5.19. The number of primary amides is 1. The van der Waals surface area contributed by atoms with Crippen molar-refractivity contribution < 1.29 is 28.6 Å². The number of ether oxygens (including phenoxy) is 1. The Morgan fingerprint density at radius 2 is 2.07 bits per heavy atom. The minimum absolute atomic E-state index is 0.0727. The zero-order chi connectivity index (χ0) is 29.6. The van der Waals surface area contributed by atoms with E-state index in [0.29, 0.717) is 24.2 Å². The Hall–Kier alpha value is -3.94. The van der Waals surface area contributed by atoms with Crippen LogP contribution >= 0.6 is 0 Å². The average molecular weight is 565 g/mol. The molecule has 218 valence electrons. The summed E-state index contributed by atoms with van der Waals surface area (Å²) in [6, 6.07) is 9.89. The highest BCUT2D eigenvalue weighted by molar-refractivity contribution is 5.91. The number of fused-ring (bicyclic) bond motifs is 2. The van der Waals surface area contributed by atoms with Gasteiger partial charge in [0, 0.05) is 37.2 Å². The fraction of sp³-hybridized carbons (Fsp3) is 0.452. The molecule has 3 atom stereocenters.